The summed E-state index contributed by atoms with van der Waals surface area (Å²) in [7, 11) is 4.87. The van der Waals surface area contributed by atoms with E-state index in [4.69, 9.17) is 38.2 Å². The number of benzene rings is 2. The van der Waals surface area contributed by atoms with Gasteiger partial charge in [0.2, 0.25) is 0 Å². The molecule has 58 heavy (non-hydrogen) atoms. The zero-order chi connectivity index (χ0) is 42.0. The van der Waals surface area contributed by atoms with Crippen molar-refractivity contribution in [3.8, 4) is 0 Å². The Hall–Kier alpha value is -3.84. The molecule has 2 aliphatic heterocycles. The van der Waals surface area contributed by atoms with E-state index in [1.807, 2.05) is 0 Å². The zero-order valence-corrected chi connectivity index (χ0v) is 35.8. The van der Waals surface area contributed by atoms with Gasteiger partial charge in [0.25, 0.3) is 11.6 Å². The Kier molecular flexibility index (Phi) is 19.1. The molecule has 0 atom stereocenters. The van der Waals surface area contributed by atoms with Crippen LogP contribution in [0.5, 0.6) is 0 Å². The Balaban J connectivity index is 1.73. The monoisotopic (exact) mass is 810 g/mol. The summed E-state index contributed by atoms with van der Waals surface area (Å²) in [5.41, 5.74) is 0.919. The minimum atomic E-state index is -1.86. The second-order valence-electron chi connectivity index (χ2n) is 15.3. The Morgan fingerprint density at radius 3 is 0.845 bits per heavy atom. The number of methoxy groups -OCH3 is 4. The van der Waals surface area contributed by atoms with Gasteiger partial charge in [0, 0.05) is 22.3 Å². The van der Waals surface area contributed by atoms with E-state index in [1.54, 1.807) is 0 Å². The normalized spacial score (nSPS) is 17.7. The fraction of sp³-hybridized carbons (Fsp3) is 0.652. The summed E-state index contributed by atoms with van der Waals surface area (Å²) in [4.78, 5) is 65.6. The molecule has 1 aliphatic carbocycles. The standard InChI is InChI=1S/C46H66O12/c1-7-9-11-13-15-17-19-21-23-25-27-55-45-37-29-33(41(47)51-3)35(43(49)53-5)31-39(37)46(58-57-45,56-28-26-24-22-20-18-16-14-12-10-8-2)40-32-36(44(50)54-6)34(30-38(40)45)42(48)52-4/h29-32H,7-28H2,1-6H3. The highest BCUT2D eigenvalue weighted by Gasteiger charge is 2.62. The van der Waals surface area contributed by atoms with Crippen LogP contribution in [0.4, 0.5) is 0 Å². The molecule has 2 aromatic rings. The van der Waals surface area contributed by atoms with Gasteiger partial charge in [0.1, 0.15) is 0 Å². The van der Waals surface area contributed by atoms with Gasteiger partial charge in [-0.2, -0.15) is 9.78 Å². The van der Waals surface area contributed by atoms with Crippen LogP contribution in [-0.2, 0) is 49.8 Å². The van der Waals surface area contributed by atoms with Gasteiger partial charge in [-0.25, -0.2) is 19.2 Å². The maximum Gasteiger partial charge on any atom is 0.338 e. The molecule has 12 heteroatoms. The number of hydrogen-bond donors (Lipinski definition) is 0. The SMILES string of the molecule is CCCCCCCCCCCCOC12OOC(OCCCCCCCCCCCC)(c3cc(C(=O)OC)c(C(=O)OC)cc31)c1cc(C(=O)OC)c(C(=O)OC)cc12. The highest BCUT2D eigenvalue weighted by atomic mass is 17.3. The number of carbonyl (C=O) groups is 4. The lowest BCUT2D eigenvalue weighted by Crippen LogP contribution is -2.55. The maximum atomic E-state index is 13.3. The molecule has 3 aliphatic rings. The molecule has 2 bridgehead atoms. The minimum absolute atomic E-state index is 0.0862. The number of ether oxygens (including phenoxy) is 6. The molecule has 0 amide bonds. The minimum Gasteiger partial charge on any atom is -0.465 e. The smallest absolute Gasteiger partial charge is 0.338 e. The van der Waals surface area contributed by atoms with E-state index in [-0.39, 0.29) is 35.5 Å². The lowest BCUT2D eigenvalue weighted by atomic mass is 9.73. The molecule has 0 N–H and O–H groups in total. The van der Waals surface area contributed by atoms with Crippen LogP contribution in [0, 0.1) is 0 Å². The number of unbranched alkanes of at least 4 members (excludes halogenated alkanes) is 18. The molecule has 5 rings (SSSR count). The van der Waals surface area contributed by atoms with E-state index >= 15 is 0 Å². The average Bonchev–Trinajstić information content (AvgIpc) is 3.25. The van der Waals surface area contributed by atoms with Crippen molar-refractivity contribution in [1.29, 1.82) is 0 Å². The van der Waals surface area contributed by atoms with Crippen LogP contribution in [-0.4, -0.2) is 65.5 Å². The molecule has 0 unspecified atom stereocenters. The highest BCUT2D eigenvalue weighted by molar-refractivity contribution is 6.05. The lowest BCUT2D eigenvalue weighted by Gasteiger charge is -2.52. The summed E-state index contributed by atoms with van der Waals surface area (Å²) >= 11 is 0. The van der Waals surface area contributed by atoms with Crippen molar-refractivity contribution in [3.05, 3.63) is 68.8 Å². The van der Waals surface area contributed by atoms with Gasteiger partial charge < -0.3 is 28.4 Å². The van der Waals surface area contributed by atoms with Gasteiger partial charge in [-0.1, -0.05) is 129 Å². The van der Waals surface area contributed by atoms with E-state index in [2.05, 4.69) is 13.8 Å². The third-order valence-electron chi connectivity index (χ3n) is 11.2. The van der Waals surface area contributed by atoms with E-state index in [9.17, 15) is 19.2 Å². The third kappa shape index (κ3) is 11.0. The number of rotatable bonds is 28. The molecular formula is C46H66O12. The van der Waals surface area contributed by atoms with Crippen molar-refractivity contribution in [2.75, 3.05) is 41.7 Å². The van der Waals surface area contributed by atoms with Crippen molar-refractivity contribution in [3.63, 3.8) is 0 Å². The first kappa shape index (κ1) is 46.8. The molecule has 0 saturated carbocycles. The summed E-state index contributed by atoms with van der Waals surface area (Å²) in [6, 6.07) is 5.90. The Bertz CT molecular complexity index is 1460. The molecule has 0 fully saturated rings. The van der Waals surface area contributed by atoms with Crippen LogP contribution in [0.15, 0.2) is 24.3 Å². The number of fused-ring (bicyclic) bond motifs is 1. The van der Waals surface area contributed by atoms with Gasteiger partial charge >= 0.3 is 23.9 Å². The molecule has 0 radical (unpaired) electrons. The van der Waals surface area contributed by atoms with E-state index in [0.717, 1.165) is 38.5 Å². The summed E-state index contributed by atoms with van der Waals surface area (Å²) in [6.45, 7) is 4.86. The van der Waals surface area contributed by atoms with Crippen LogP contribution in [0.3, 0.4) is 0 Å². The van der Waals surface area contributed by atoms with Gasteiger partial charge in [-0.3, -0.25) is 0 Å². The van der Waals surface area contributed by atoms with Gasteiger partial charge in [0.15, 0.2) is 0 Å². The van der Waals surface area contributed by atoms with Crippen molar-refractivity contribution in [2.45, 2.75) is 154 Å². The van der Waals surface area contributed by atoms with Crippen molar-refractivity contribution >= 4 is 23.9 Å². The summed E-state index contributed by atoms with van der Waals surface area (Å²) in [5.74, 6) is -6.86. The predicted octanol–water partition coefficient (Wildman–Crippen LogP) is 10.4. The van der Waals surface area contributed by atoms with E-state index in [1.165, 1.54) is 130 Å². The maximum absolute atomic E-state index is 13.3. The van der Waals surface area contributed by atoms with Gasteiger partial charge in [0.05, 0.1) is 63.9 Å². The van der Waals surface area contributed by atoms with Crippen LogP contribution in [0.2, 0.25) is 0 Å². The molecule has 322 valence electrons. The molecular weight excluding hydrogens is 744 g/mol. The van der Waals surface area contributed by atoms with E-state index in [0.29, 0.717) is 35.1 Å². The molecule has 2 heterocycles. The van der Waals surface area contributed by atoms with Gasteiger partial charge in [-0.15, -0.1) is 0 Å². The fourth-order valence-corrected chi connectivity index (χ4v) is 7.96. The number of hydrogen-bond acceptors (Lipinski definition) is 12. The quantitative estimate of drug-likeness (QED) is 0.0349. The molecule has 12 nitrogen and oxygen atoms in total. The third-order valence-corrected chi connectivity index (χ3v) is 11.2. The highest BCUT2D eigenvalue weighted by Crippen LogP contribution is 2.59. The first-order valence-electron chi connectivity index (χ1n) is 21.6. The average molecular weight is 811 g/mol. The Labute approximate surface area is 344 Å². The fourth-order valence-electron chi connectivity index (χ4n) is 7.96. The Morgan fingerprint density at radius 2 is 0.621 bits per heavy atom. The second kappa shape index (κ2) is 23.7. The number of esters is 4. The Morgan fingerprint density at radius 1 is 0.397 bits per heavy atom. The topological polar surface area (TPSA) is 142 Å². The first-order chi connectivity index (χ1) is 28.2. The van der Waals surface area contributed by atoms with Crippen LogP contribution >= 0.6 is 0 Å². The van der Waals surface area contributed by atoms with Crippen LogP contribution in [0.1, 0.15) is 206 Å². The van der Waals surface area contributed by atoms with Crippen LogP contribution < -0.4 is 0 Å². The summed E-state index contributed by atoms with van der Waals surface area (Å²) in [5, 5.41) is 0. The molecule has 0 spiro atoms. The first-order valence-corrected chi connectivity index (χ1v) is 21.6. The van der Waals surface area contributed by atoms with Crippen molar-refractivity contribution in [1.82, 2.24) is 0 Å². The molecule has 0 aromatic heterocycles. The molecule has 0 saturated heterocycles. The largest absolute Gasteiger partial charge is 0.465 e. The lowest BCUT2D eigenvalue weighted by molar-refractivity contribution is -0.521. The van der Waals surface area contributed by atoms with Crippen LogP contribution in [0.25, 0.3) is 0 Å². The molecule has 2 aromatic carbocycles. The second-order valence-corrected chi connectivity index (χ2v) is 15.3. The van der Waals surface area contributed by atoms with Crippen molar-refractivity contribution < 1.29 is 57.4 Å². The predicted molar refractivity (Wildman–Crippen MR) is 218 cm³/mol. The summed E-state index contributed by atoms with van der Waals surface area (Å²) < 4.78 is 33.8. The number of carbonyl (C=O) groups excluding carboxylic acids is 4. The van der Waals surface area contributed by atoms with Crippen molar-refractivity contribution in [2.24, 2.45) is 0 Å². The zero-order valence-electron chi connectivity index (χ0n) is 35.8. The van der Waals surface area contributed by atoms with Gasteiger partial charge in [-0.05, 0) is 37.1 Å². The van der Waals surface area contributed by atoms with E-state index < -0.39 is 35.5 Å². The summed E-state index contributed by atoms with van der Waals surface area (Å²) in [6.07, 6.45) is 22.4.